The van der Waals surface area contributed by atoms with Crippen molar-refractivity contribution in [1.82, 2.24) is 5.32 Å². The molecule has 0 aliphatic carbocycles. The third-order valence-corrected chi connectivity index (χ3v) is 2.91. The molecule has 0 heterocycles. The second kappa shape index (κ2) is 6.26. The van der Waals surface area contributed by atoms with Crippen molar-refractivity contribution in [1.29, 1.82) is 0 Å². The van der Waals surface area contributed by atoms with Crippen LogP contribution in [-0.4, -0.2) is 17.8 Å². The van der Waals surface area contributed by atoms with Gasteiger partial charge in [0, 0.05) is 10.5 Å². The van der Waals surface area contributed by atoms with Crippen LogP contribution in [-0.2, 0) is 0 Å². The molecule has 0 amide bonds. The average molecular weight is 272 g/mol. The monoisotopic (exact) mass is 271 g/mol. The summed E-state index contributed by atoms with van der Waals surface area (Å²) in [6, 6.07) is 8.62. The van der Waals surface area contributed by atoms with Crippen molar-refractivity contribution in [3.63, 3.8) is 0 Å². The number of hydrogen-bond acceptors (Lipinski definition) is 2. The first-order valence-corrected chi connectivity index (χ1v) is 6.06. The lowest BCUT2D eigenvalue weighted by molar-refractivity contribution is 0.182. The molecule has 1 aromatic rings. The fourth-order valence-electron chi connectivity index (χ4n) is 1.38. The van der Waals surface area contributed by atoms with E-state index in [1.807, 2.05) is 19.1 Å². The molecule has 0 saturated carbocycles. The Morgan fingerprint density at radius 3 is 2.40 bits per heavy atom. The van der Waals surface area contributed by atoms with Crippen LogP contribution < -0.4 is 5.32 Å². The molecule has 0 saturated heterocycles. The molecule has 84 valence electrons. The van der Waals surface area contributed by atoms with Crippen molar-refractivity contribution >= 4 is 15.9 Å². The molecule has 2 nitrogen and oxygen atoms in total. The Labute approximate surface area is 99.8 Å². The van der Waals surface area contributed by atoms with E-state index in [-0.39, 0.29) is 6.10 Å². The largest absolute Gasteiger partial charge is 0.393 e. The van der Waals surface area contributed by atoms with Crippen LogP contribution in [0.3, 0.4) is 0 Å². The van der Waals surface area contributed by atoms with Crippen molar-refractivity contribution in [2.24, 2.45) is 0 Å². The predicted molar refractivity (Wildman–Crippen MR) is 66.9 cm³/mol. The van der Waals surface area contributed by atoms with Crippen LogP contribution in [0.4, 0.5) is 0 Å². The Balaban J connectivity index is 2.40. The fourth-order valence-corrected chi connectivity index (χ4v) is 1.64. The third kappa shape index (κ3) is 4.78. The van der Waals surface area contributed by atoms with Crippen molar-refractivity contribution < 1.29 is 5.11 Å². The van der Waals surface area contributed by atoms with Crippen LogP contribution in [0.15, 0.2) is 28.7 Å². The number of benzene rings is 1. The minimum atomic E-state index is -0.227. The van der Waals surface area contributed by atoms with Crippen molar-refractivity contribution in [3.8, 4) is 0 Å². The highest BCUT2D eigenvalue weighted by Crippen LogP contribution is 2.16. The number of aliphatic hydroxyl groups is 1. The van der Waals surface area contributed by atoms with Crippen LogP contribution in [0, 0.1) is 0 Å². The predicted octanol–water partition coefficient (Wildman–Crippen LogP) is 2.87. The molecule has 3 heteroatoms. The van der Waals surface area contributed by atoms with Gasteiger partial charge in [-0.05, 0) is 44.5 Å². The van der Waals surface area contributed by atoms with Crippen molar-refractivity contribution in [2.75, 3.05) is 6.54 Å². The lowest BCUT2D eigenvalue weighted by Crippen LogP contribution is -2.22. The van der Waals surface area contributed by atoms with Gasteiger partial charge in [-0.2, -0.15) is 0 Å². The number of rotatable bonds is 5. The molecule has 1 rings (SSSR count). The maximum atomic E-state index is 9.13. The molecule has 2 atom stereocenters. The molecule has 1 aromatic carbocycles. The molecule has 15 heavy (non-hydrogen) atoms. The highest BCUT2D eigenvalue weighted by molar-refractivity contribution is 9.10. The van der Waals surface area contributed by atoms with Gasteiger partial charge in [0.1, 0.15) is 0 Å². The highest BCUT2D eigenvalue weighted by Gasteiger charge is 2.04. The normalized spacial score (nSPS) is 14.9. The Bertz CT molecular complexity index is 284. The van der Waals surface area contributed by atoms with Gasteiger partial charge in [0.25, 0.3) is 0 Å². The van der Waals surface area contributed by atoms with Gasteiger partial charge in [-0.1, -0.05) is 28.1 Å². The average Bonchev–Trinajstić information content (AvgIpc) is 2.18. The Morgan fingerprint density at radius 1 is 1.27 bits per heavy atom. The van der Waals surface area contributed by atoms with Gasteiger partial charge in [0.05, 0.1) is 6.10 Å². The van der Waals surface area contributed by atoms with E-state index in [2.05, 4.69) is 40.3 Å². The van der Waals surface area contributed by atoms with Crippen LogP contribution >= 0.6 is 15.9 Å². The van der Waals surface area contributed by atoms with Gasteiger partial charge in [-0.3, -0.25) is 0 Å². The zero-order valence-electron chi connectivity index (χ0n) is 9.20. The van der Waals surface area contributed by atoms with E-state index in [0.717, 1.165) is 17.4 Å². The summed E-state index contributed by atoms with van der Waals surface area (Å²) in [7, 11) is 0. The number of nitrogens with one attached hydrogen (secondary N) is 1. The molecule has 0 radical (unpaired) electrons. The standard InChI is InChI=1S/C12H18BrNO/c1-9(15)7-8-14-10(2)11-3-5-12(13)6-4-11/h3-6,9-10,14-15H,7-8H2,1-2H3. The summed E-state index contributed by atoms with van der Waals surface area (Å²) in [6.07, 6.45) is 0.565. The summed E-state index contributed by atoms with van der Waals surface area (Å²) in [4.78, 5) is 0. The van der Waals surface area contributed by atoms with E-state index in [1.165, 1.54) is 5.56 Å². The topological polar surface area (TPSA) is 32.3 Å². The maximum Gasteiger partial charge on any atom is 0.0524 e. The number of halogens is 1. The molecule has 0 bridgehead atoms. The number of hydrogen-bond donors (Lipinski definition) is 2. The molecule has 0 aliphatic heterocycles. The molecule has 0 aromatic heterocycles. The Morgan fingerprint density at radius 2 is 1.87 bits per heavy atom. The van der Waals surface area contributed by atoms with E-state index in [9.17, 15) is 0 Å². The summed E-state index contributed by atoms with van der Waals surface area (Å²) in [6.45, 7) is 4.78. The van der Waals surface area contributed by atoms with Gasteiger partial charge in [-0.25, -0.2) is 0 Å². The molecular weight excluding hydrogens is 254 g/mol. The quantitative estimate of drug-likeness (QED) is 0.863. The van der Waals surface area contributed by atoms with Crippen LogP contribution in [0.5, 0.6) is 0 Å². The van der Waals surface area contributed by atoms with E-state index >= 15 is 0 Å². The van der Waals surface area contributed by atoms with Gasteiger partial charge in [-0.15, -0.1) is 0 Å². The van der Waals surface area contributed by atoms with E-state index in [1.54, 1.807) is 0 Å². The first kappa shape index (κ1) is 12.7. The lowest BCUT2D eigenvalue weighted by Gasteiger charge is -2.14. The van der Waals surface area contributed by atoms with Crippen molar-refractivity contribution in [3.05, 3.63) is 34.3 Å². The molecule has 0 spiro atoms. The van der Waals surface area contributed by atoms with Crippen LogP contribution in [0.2, 0.25) is 0 Å². The summed E-state index contributed by atoms with van der Waals surface area (Å²) in [5, 5.41) is 12.5. The molecule has 0 aliphatic rings. The minimum Gasteiger partial charge on any atom is -0.393 e. The smallest absolute Gasteiger partial charge is 0.0524 e. The molecular formula is C12H18BrNO. The first-order valence-electron chi connectivity index (χ1n) is 5.26. The third-order valence-electron chi connectivity index (χ3n) is 2.38. The zero-order chi connectivity index (χ0) is 11.3. The maximum absolute atomic E-state index is 9.13. The van der Waals surface area contributed by atoms with Crippen molar-refractivity contribution in [2.45, 2.75) is 32.4 Å². The summed E-state index contributed by atoms with van der Waals surface area (Å²) in [5.41, 5.74) is 1.27. The van der Waals surface area contributed by atoms with E-state index in [0.29, 0.717) is 6.04 Å². The fraction of sp³-hybridized carbons (Fsp3) is 0.500. The zero-order valence-corrected chi connectivity index (χ0v) is 10.8. The number of aliphatic hydroxyl groups excluding tert-OH is 1. The summed E-state index contributed by atoms with van der Waals surface area (Å²) >= 11 is 3.41. The highest BCUT2D eigenvalue weighted by atomic mass is 79.9. The van der Waals surface area contributed by atoms with Crippen LogP contribution in [0.25, 0.3) is 0 Å². The van der Waals surface area contributed by atoms with E-state index < -0.39 is 0 Å². The minimum absolute atomic E-state index is 0.227. The SMILES string of the molecule is CC(O)CCNC(C)c1ccc(Br)cc1. The van der Waals surface area contributed by atoms with Crippen LogP contribution in [0.1, 0.15) is 31.9 Å². The summed E-state index contributed by atoms with van der Waals surface area (Å²) < 4.78 is 1.10. The van der Waals surface area contributed by atoms with Gasteiger partial charge in [0.2, 0.25) is 0 Å². The second-order valence-electron chi connectivity index (χ2n) is 3.87. The van der Waals surface area contributed by atoms with Gasteiger partial charge in [0.15, 0.2) is 0 Å². The molecule has 0 fully saturated rings. The van der Waals surface area contributed by atoms with E-state index in [4.69, 9.17) is 5.11 Å². The lowest BCUT2D eigenvalue weighted by atomic mass is 10.1. The summed E-state index contributed by atoms with van der Waals surface area (Å²) in [5.74, 6) is 0. The molecule has 2 N–H and O–H groups in total. The Kier molecular flexibility index (Phi) is 5.29. The second-order valence-corrected chi connectivity index (χ2v) is 4.78. The van der Waals surface area contributed by atoms with Gasteiger partial charge < -0.3 is 10.4 Å². The first-order chi connectivity index (χ1) is 7.09. The Hall–Kier alpha value is -0.380. The van der Waals surface area contributed by atoms with Gasteiger partial charge >= 0.3 is 0 Å². The molecule has 2 unspecified atom stereocenters.